The fourth-order valence-electron chi connectivity index (χ4n) is 4.55. The molecule has 4 N–H and O–H groups in total. The van der Waals surface area contributed by atoms with Gasteiger partial charge in [0.15, 0.2) is 5.84 Å². The first-order chi connectivity index (χ1) is 19.5. The highest BCUT2D eigenvalue weighted by atomic mass is 16.5. The number of methoxy groups -OCH3 is 1. The molecule has 1 heterocycles. The van der Waals surface area contributed by atoms with Crippen molar-refractivity contribution in [2.45, 2.75) is 32.7 Å². The van der Waals surface area contributed by atoms with Gasteiger partial charge in [-0.15, -0.1) is 5.11 Å². The van der Waals surface area contributed by atoms with Gasteiger partial charge in [-0.05, 0) is 46.4 Å². The molecule has 0 aliphatic rings. The maximum atomic E-state index is 12.9. The van der Waals surface area contributed by atoms with Gasteiger partial charge >= 0.3 is 0 Å². The molecule has 0 aliphatic carbocycles. The molecule has 0 fully saturated rings. The van der Waals surface area contributed by atoms with Gasteiger partial charge < -0.3 is 20.5 Å². The maximum absolute atomic E-state index is 12.9. The van der Waals surface area contributed by atoms with Crippen LogP contribution in [0.4, 0.5) is 0 Å². The summed E-state index contributed by atoms with van der Waals surface area (Å²) >= 11 is 0. The molecule has 1 amide bonds. The minimum Gasteiger partial charge on any atom is -0.383 e. The zero-order valence-electron chi connectivity index (χ0n) is 22.9. The van der Waals surface area contributed by atoms with Crippen molar-refractivity contribution >= 4 is 11.7 Å². The first kappa shape index (κ1) is 28.4. The van der Waals surface area contributed by atoms with Gasteiger partial charge in [-0.2, -0.15) is 0 Å². The van der Waals surface area contributed by atoms with Crippen LogP contribution in [0.3, 0.4) is 0 Å². The fraction of sp³-hybridized carbons (Fsp3) is 0.258. The van der Waals surface area contributed by atoms with Crippen molar-refractivity contribution in [2.24, 2.45) is 16.2 Å². The second kappa shape index (κ2) is 14.0. The number of carbonyl (C=O) groups is 1. The minimum absolute atomic E-state index is 0.00991. The number of carbonyl (C=O) groups excluding carboxylic acids is 1. The summed E-state index contributed by atoms with van der Waals surface area (Å²) in [6.45, 7) is 3.53. The van der Waals surface area contributed by atoms with Crippen LogP contribution in [-0.2, 0) is 17.7 Å². The number of imidazole rings is 1. The number of nitrogens with zero attached hydrogens (tertiary/aromatic N) is 4. The van der Waals surface area contributed by atoms with E-state index in [1.54, 1.807) is 13.3 Å². The highest BCUT2D eigenvalue weighted by Gasteiger charge is 2.17. The van der Waals surface area contributed by atoms with Gasteiger partial charge in [0.05, 0.1) is 12.8 Å². The van der Waals surface area contributed by atoms with Crippen molar-refractivity contribution < 1.29 is 9.53 Å². The van der Waals surface area contributed by atoms with Crippen LogP contribution in [0.1, 0.15) is 47.2 Å². The average Bonchev–Trinajstić information content (AvgIpc) is 3.39. The average molecular weight is 538 g/mol. The normalized spacial score (nSPS) is 11.2. The van der Waals surface area contributed by atoms with Crippen LogP contribution in [-0.4, -0.2) is 41.6 Å². The van der Waals surface area contributed by atoms with E-state index in [0.717, 1.165) is 52.9 Å². The number of amidine groups is 1. The Labute approximate surface area is 234 Å². The molecule has 0 spiro atoms. The largest absolute Gasteiger partial charge is 0.383 e. The predicted molar refractivity (Wildman–Crippen MR) is 157 cm³/mol. The van der Waals surface area contributed by atoms with Crippen molar-refractivity contribution in [3.8, 4) is 22.3 Å². The van der Waals surface area contributed by atoms with Gasteiger partial charge in [0.2, 0.25) is 0 Å². The Balaban J connectivity index is 1.66. The first-order valence-corrected chi connectivity index (χ1v) is 13.4. The van der Waals surface area contributed by atoms with E-state index in [9.17, 15) is 4.79 Å². The molecule has 0 saturated carbocycles. The van der Waals surface area contributed by atoms with Crippen LogP contribution in [0, 0.1) is 5.41 Å². The molecule has 9 nitrogen and oxygen atoms in total. The van der Waals surface area contributed by atoms with E-state index in [4.69, 9.17) is 16.0 Å². The number of nitrogens with two attached hydrogens (primary N) is 1. The summed E-state index contributed by atoms with van der Waals surface area (Å²) in [5.74, 6) is 5.96. The number of amides is 1. The highest BCUT2D eigenvalue weighted by molar-refractivity contribution is 6.03. The number of unbranched alkanes of at least 4 members (excludes halogenated alkanes) is 1. The van der Waals surface area contributed by atoms with E-state index in [0.29, 0.717) is 31.0 Å². The lowest BCUT2D eigenvalue weighted by Gasteiger charge is -2.14. The van der Waals surface area contributed by atoms with E-state index in [1.165, 1.54) is 0 Å². The van der Waals surface area contributed by atoms with Crippen molar-refractivity contribution in [1.82, 2.24) is 14.9 Å². The van der Waals surface area contributed by atoms with Gasteiger partial charge in [0.1, 0.15) is 11.5 Å². The van der Waals surface area contributed by atoms with Gasteiger partial charge in [-0.25, -0.2) is 4.98 Å². The Morgan fingerprint density at radius 1 is 1.05 bits per heavy atom. The third-order valence-corrected chi connectivity index (χ3v) is 6.66. The van der Waals surface area contributed by atoms with E-state index >= 15 is 0 Å². The lowest BCUT2D eigenvalue weighted by molar-refractivity contribution is 0.0928. The predicted octanol–water partition coefficient (Wildman–Crippen LogP) is 5.64. The molecule has 4 aromatic rings. The zero-order valence-corrected chi connectivity index (χ0v) is 22.9. The minimum atomic E-state index is -0.168. The highest BCUT2D eigenvalue weighted by Crippen LogP contribution is 2.31. The second-order valence-electron chi connectivity index (χ2n) is 9.39. The quantitative estimate of drug-likeness (QED) is 0.0539. The topological polar surface area (TPSA) is 131 Å². The summed E-state index contributed by atoms with van der Waals surface area (Å²) in [6, 6.07) is 24.1. The molecule has 0 aliphatic heterocycles. The number of nitrogens with one attached hydrogen (secondary N) is 2. The monoisotopic (exact) mass is 537 g/mol. The number of hydrogen-bond acceptors (Lipinski definition) is 5. The molecular formula is C31H35N7O2. The lowest BCUT2D eigenvalue weighted by atomic mass is 9.93. The standard InChI is InChI=1S/C31H35N7O2/c1-3-4-10-29-35-20-28(31(39)34-17-18-40-2)38(29)21-22-11-13-24(14-12-22)27-19-25(23-8-6-5-7-9-23)15-16-26(27)30(32)36-37-33/h5-9,11-16,19-20H,3-4,10,17-18,21H2,1-2H3,(H,34,39)(H3,32,33,36). The molecule has 206 valence electrons. The Hall–Kier alpha value is -4.63. The molecule has 9 heteroatoms. The van der Waals surface area contributed by atoms with Gasteiger partial charge in [0, 0.05) is 32.2 Å². The summed E-state index contributed by atoms with van der Waals surface area (Å²) < 4.78 is 7.05. The molecule has 40 heavy (non-hydrogen) atoms. The van der Waals surface area contributed by atoms with Crippen molar-refractivity contribution in [3.05, 3.63) is 102 Å². The zero-order chi connectivity index (χ0) is 28.3. The molecule has 1 aromatic heterocycles. The van der Waals surface area contributed by atoms with Crippen LogP contribution in [0.2, 0.25) is 0 Å². The van der Waals surface area contributed by atoms with E-state index in [1.807, 2.05) is 59.2 Å². The summed E-state index contributed by atoms with van der Waals surface area (Å²) in [4.78, 5) is 17.5. The van der Waals surface area contributed by atoms with Crippen molar-refractivity contribution in [3.63, 3.8) is 0 Å². The number of hydrogen-bond donors (Lipinski definition) is 3. The summed E-state index contributed by atoms with van der Waals surface area (Å²) in [7, 11) is 1.61. The van der Waals surface area contributed by atoms with Crippen LogP contribution in [0.25, 0.3) is 22.3 Å². The molecule has 0 unspecified atom stereocenters. The smallest absolute Gasteiger partial charge is 0.269 e. The number of aryl methyl sites for hydroxylation is 1. The van der Waals surface area contributed by atoms with Gasteiger partial charge in [0.25, 0.3) is 5.91 Å². The lowest BCUT2D eigenvalue weighted by Crippen LogP contribution is -2.29. The molecular weight excluding hydrogens is 502 g/mol. The Bertz CT molecular complexity index is 1460. The molecule has 4 rings (SSSR count). The van der Waals surface area contributed by atoms with Crippen LogP contribution >= 0.6 is 0 Å². The summed E-state index contributed by atoms with van der Waals surface area (Å²) in [5, 5.41) is 18.4. The third kappa shape index (κ3) is 6.86. The molecule has 0 radical (unpaired) electrons. The van der Waals surface area contributed by atoms with Crippen LogP contribution in [0.15, 0.2) is 89.3 Å². The Morgan fingerprint density at radius 3 is 2.50 bits per heavy atom. The Morgan fingerprint density at radius 2 is 1.80 bits per heavy atom. The number of rotatable bonds is 12. The van der Waals surface area contributed by atoms with Crippen LogP contribution < -0.4 is 11.2 Å². The fourth-order valence-corrected chi connectivity index (χ4v) is 4.55. The van der Waals surface area contributed by atoms with Crippen molar-refractivity contribution in [1.29, 1.82) is 5.41 Å². The third-order valence-electron chi connectivity index (χ3n) is 6.66. The number of benzene rings is 3. The Kier molecular flexibility index (Phi) is 9.90. The molecule has 0 atom stereocenters. The number of aromatic nitrogens is 2. The van der Waals surface area contributed by atoms with Crippen LogP contribution in [0.5, 0.6) is 0 Å². The first-order valence-electron chi connectivity index (χ1n) is 13.4. The summed E-state index contributed by atoms with van der Waals surface area (Å²) in [6.07, 6.45) is 4.49. The van der Waals surface area contributed by atoms with E-state index < -0.39 is 0 Å². The SMILES string of the molecule is CCCCc1ncc(C(=O)NCCOC)n1Cc1ccc(-c2cc(-c3ccccc3)ccc2C(=N)N=NN)cc1. The number of ether oxygens (including phenoxy) is 1. The second-order valence-corrected chi connectivity index (χ2v) is 9.39. The van der Waals surface area contributed by atoms with Gasteiger partial charge in [-0.3, -0.25) is 10.2 Å². The van der Waals surface area contributed by atoms with E-state index in [2.05, 4.69) is 45.8 Å². The van der Waals surface area contributed by atoms with E-state index in [-0.39, 0.29) is 11.7 Å². The van der Waals surface area contributed by atoms with Gasteiger partial charge in [-0.1, -0.05) is 79.2 Å². The maximum Gasteiger partial charge on any atom is 0.269 e. The van der Waals surface area contributed by atoms with Crippen molar-refractivity contribution in [2.75, 3.05) is 20.3 Å². The summed E-state index contributed by atoms with van der Waals surface area (Å²) in [5.41, 5.74) is 6.09. The molecule has 0 bridgehead atoms. The molecule has 3 aromatic carbocycles. The molecule has 0 saturated heterocycles.